The smallest absolute Gasteiger partial charge is 0.339 e. The Labute approximate surface area is 127 Å². The zero-order valence-electron chi connectivity index (χ0n) is 13.2. The molecule has 1 aliphatic rings. The van der Waals surface area contributed by atoms with Crippen LogP contribution in [-0.2, 0) is 9.53 Å². The van der Waals surface area contributed by atoms with Crippen molar-refractivity contribution in [3.05, 3.63) is 35.9 Å². The molecule has 3 heteroatoms. The maximum Gasteiger partial charge on any atom is 0.339 e. The lowest BCUT2D eigenvalue weighted by Crippen LogP contribution is -2.38. The minimum atomic E-state index is -1.19. The van der Waals surface area contributed by atoms with Crippen LogP contribution in [0.25, 0.3) is 0 Å². The lowest BCUT2D eigenvalue weighted by molar-refractivity contribution is -0.167. The maximum absolute atomic E-state index is 12.2. The summed E-state index contributed by atoms with van der Waals surface area (Å²) >= 11 is 0. The fraction of sp³-hybridized carbons (Fsp3) is 0.611. The van der Waals surface area contributed by atoms with Gasteiger partial charge >= 0.3 is 5.97 Å². The van der Waals surface area contributed by atoms with Gasteiger partial charge < -0.3 is 9.84 Å². The standard InChI is InChI=1S/C18H26O3/c1-18(2,3)14-11-7-8-12-15(14)21-17(20)16(19)13-9-5-4-6-10-13/h4-6,9-10,14-16,19H,7-8,11-12H2,1-3H3/t14-,15-,16-/m1/s1. The van der Waals surface area contributed by atoms with Crippen molar-refractivity contribution >= 4 is 5.97 Å². The van der Waals surface area contributed by atoms with Gasteiger partial charge in [0, 0.05) is 5.92 Å². The summed E-state index contributed by atoms with van der Waals surface area (Å²) in [5.74, 6) is -0.166. The van der Waals surface area contributed by atoms with E-state index in [1.54, 1.807) is 12.1 Å². The van der Waals surface area contributed by atoms with Crippen molar-refractivity contribution in [2.24, 2.45) is 11.3 Å². The molecule has 2 rings (SSSR count). The minimum absolute atomic E-state index is 0.0791. The van der Waals surface area contributed by atoms with E-state index in [9.17, 15) is 9.90 Å². The molecule has 3 nitrogen and oxygen atoms in total. The molecule has 0 heterocycles. The van der Waals surface area contributed by atoms with Crippen LogP contribution in [0.2, 0.25) is 0 Å². The first-order chi connectivity index (χ1) is 9.89. The van der Waals surface area contributed by atoms with Gasteiger partial charge in [-0.25, -0.2) is 4.79 Å². The molecular formula is C18H26O3. The molecule has 116 valence electrons. The summed E-state index contributed by atoms with van der Waals surface area (Å²) in [6.07, 6.45) is 3.00. The second kappa shape index (κ2) is 6.61. The molecule has 1 aromatic rings. The molecule has 0 bridgehead atoms. The van der Waals surface area contributed by atoms with Gasteiger partial charge in [-0.2, -0.15) is 0 Å². The molecule has 0 unspecified atom stereocenters. The number of hydrogen-bond acceptors (Lipinski definition) is 3. The third-order valence-corrected chi connectivity index (χ3v) is 4.42. The molecular weight excluding hydrogens is 264 g/mol. The molecule has 0 aliphatic heterocycles. The van der Waals surface area contributed by atoms with E-state index in [-0.39, 0.29) is 11.5 Å². The molecule has 1 aromatic carbocycles. The van der Waals surface area contributed by atoms with Gasteiger partial charge in [0.05, 0.1) is 0 Å². The molecule has 1 fully saturated rings. The van der Waals surface area contributed by atoms with Gasteiger partial charge in [0.15, 0.2) is 6.10 Å². The lowest BCUT2D eigenvalue weighted by Gasteiger charge is -2.40. The largest absolute Gasteiger partial charge is 0.460 e. The number of carbonyl (C=O) groups is 1. The summed E-state index contributed by atoms with van der Waals surface area (Å²) in [5.41, 5.74) is 0.703. The molecule has 0 spiro atoms. The lowest BCUT2D eigenvalue weighted by atomic mass is 9.70. The summed E-state index contributed by atoms with van der Waals surface area (Å²) in [6, 6.07) is 8.97. The molecule has 0 radical (unpaired) electrons. The summed E-state index contributed by atoms with van der Waals surface area (Å²) in [4.78, 5) is 12.2. The van der Waals surface area contributed by atoms with Crippen LogP contribution in [-0.4, -0.2) is 17.2 Å². The summed E-state index contributed by atoms with van der Waals surface area (Å²) < 4.78 is 5.66. The average Bonchev–Trinajstić information content (AvgIpc) is 2.47. The van der Waals surface area contributed by atoms with Crippen LogP contribution >= 0.6 is 0 Å². The number of aliphatic hydroxyl groups excluding tert-OH is 1. The predicted molar refractivity (Wildman–Crippen MR) is 82.7 cm³/mol. The van der Waals surface area contributed by atoms with Crippen LogP contribution in [0.15, 0.2) is 30.3 Å². The second-order valence-electron chi connectivity index (χ2n) is 7.05. The summed E-state index contributed by atoms with van der Waals surface area (Å²) in [7, 11) is 0. The summed E-state index contributed by atoms with van der Waals surface area (Å²) in [5, 5.41) is 10.1. The highest BCUT2D eigenvalue weighted by Crippen LogP contribution is 2.39. The summed E-state index contributed by atoms with van der Waals surface area (Å²) in [6.45, 7) is 6.58. The Morgan fingerprint density at radius 2 is 1.81 bits per heavy atom. The van der Waals surface area contributed by atoms with E-state index in [0.717, 1.165) is 19.3 Å². The molecule has 0 aromatic heterocycles. The van der Waals surface area contributed by atoms with Gasteiger partial charge in [0.25, 0.3) is 0 Å². The number of aliphatic hydroxyl groups is 1. The van der Waals surface area contributed by atoms with Crippen molar-refractivity contribution in [1.82, 2.24) is 0 Å². The molecule has 1 N–H and O–H groups in total. The minimum Gasteiger partial charge on any atom is -0.460 e. The van der Waals surface area contributed by atoms with Gasteiger partial charge in [0.1, 0.15) is 6.10 Å². The monoisotopic (exact) mass is 290 g/mol. The van der Waals surface area contributed by atoms with Crippen LogP contribution in [0.5, 0.6) is 0 Å². The Balaban J connectivity index is 2.03. The number of rotatable bonds is 3. The van der Waals surface area contributed by atoms with E-state index in [1.807, 2.05) is 18.2 Å². The Hall–Kier alpha value is -1.35. The topological polar surface area (TPSA) is 46.5 Å². The highest BCUT2D eigenvalue weighted by molar-refractivity contribution is 5.76. The average molecular weight is 290 g/mol. The predicted octanol–water partition coefficient (Wildman–Crippen LogP) is 3.87. The molecule has 1 saturated carbocycles. The third kappa shape index (κ3) is 4.07. The normalized spacial score (nSPS) is 24.4. The number of hydrogen-bond donors (Lipinski definition) is 1. The van der Waals surface area contributed by atoms with E-state index in [1.165, 1.54) is 6.42 Å². The molecule has 3 atom stereocenters. The highest BCUT2D eigenvalue weighted by atomic mass is 16.6. The Kier molecular flexibility index (Phi) is 5.04. The Morgan fingerprint density at radius 1 is 1.19 bits per heavy atom. The quantitative estimate of drug-likeness (QED) is 0.860. The van der Waals surface area contributed by atoms with Crippen molar-refractivity contribution in [2.45, 2.75) is 58.7 Å². The van der Waals surface area contributed by atoms with Crippen LogP contribution in [0, 0.1) is 11.3 Å². The third-order valence-electron chi connectivity index (χ3n) is 4.42. The van der Waals surface area contributed by atoms with Gasteiger partial charge in [-0.15, -0.1) is 0 Å². The Morgan fingerprint density at radius 3 is 2.43 bits per heavy atom. The zero-order chi connectivity index (χ0) is 15.5. The SMILES string of the molecule is CC(C)(C)[C@@H]1CCCC[C@H]1OC(=O)[C@H](O)c1ccccc1. The van der Waals surface area contributed by atoms with E-state index >= 15 is 0 Å². The van der Waals surface area contributed by atoms with Crippen molar-refractivity contribution in [1.29, 1.82) is 0 Å². The first kappa shape index (κ1) is 16.0. The number of benzene rings is 1. The van der Waals surface area contributed by atoms with Gasteiger partial charge in [-0.1, -0.05) is 57.5 Å². The van der Waals surface area contributed by atoms with E-state index in [4.69, 9.17) is 4.74 Å². The van der Waals surface area contributed by atoms with Crippen LogP contribution < -0.4 is 0 Å². The highest BCUT2D eigenvalue weighted by Gasteiger charge is 2.37. The van der Waals surface area contributed by atoms with Crippen molar-refractivity contribution < 1.29 is 14.6 Å². The fourth-order valence-corrected chi connectivity index (χ4v) is 3.21. The molecule has 1 aliphatic carbocycles. The van der Waals surface area contributed by atoms with Crippen molar-refractivity contribution in [2.75, 3.05) is 0 Å². The fourth-order valence-electron chi connectivity index (χ4n) is 3.21. The van der Waals surface area contributed by atoms with Crippen LogP contribution in [0.3, 0.4) is 0 Å². The zero-order valence-corrected chi connectivity index (χ0v) is 13.2. The number of ether oxygens (including phenoxy) is 1. The van der Waals surface area contributed by atoms with Crippen molar-refractivity contribution in [3.8, 4) is 0 Å². The van der Waals surface area contributed by atoms with Gasteiger partial charge in [-0.3, -0.25) is 0 Å². The maximum atomic E-state index is 12.2. The number of carbonyl (C=O) groups excluding carboxylic acids is 1. The number of esters is 1. The molecule has 21 heavy (non-hydrogen) atoms. The molecule has 0 amide bonds. The first-order valence-electron chi connectivity index (χ1n) is 7.83. The van der Waals surface area contributed by atoms with E-state index in [2.05, 4.69) is 20.8 Å². The van der Waals surface area contributed by atoms with Crippen LogP contribution in [0.4, 0.5) is 0 Å². The Bertz CT molecular complexity index is 461. The van der Waals surface area contributed by atoms with E-state index < -0.39 is 12.1 Å². The van der Waals surface area contributed by atoms with Crippen molar-refractivity contribution in [3.63, 3.8) is 0 Å². The van der Waals surface area contributed by atoms with Crippen LogP contribution in [0.1, 0.15) is 58.1 Å². The first-order valence-corrected chi connectivity index (χ1v) is 7.83. The van der Waals surface area contributed by atoms with Gasteiger partial charge in [0.2, 0.25) is 0 Å². The second-order valence-corrected chi connectivity index (χ2v) is 7.05. The van der Waals surface area contributed by atoms with E-state index in [0.29, 0.717) is 11.5 Å². The molecule has 0 saturated heterocycles. The van der Waals surface area contributed by atoms with Gasteiger partial charge in [-0.05, 0) is 30.2 Å².